The molecule has 8 heteroatoms. The number of hydrogen-bond acceptors (Lipinski definition) is 4. The number of methoxy groups -OCH3 is 1. The largest absolute Gasteiger partial charge is 0.497 e. The van der Waals surface area contributed by atoms with Gasteiger partial charge in [0.25, 0.3) is 0 Å². The monoisotopic (exact) mass is 581 g/mol. The van der Waals surface area contributed by atoms with Gasteiger partial charge in [0.05, 0.1) is 7.11 Å². The average Bonchev–Trinajstić information content (AvgIpc) is 2.98. The minimum absolute atomic E-state index is 0.0456. The highest BCUT2D eigenvalue weighted by molar-refractivity contribution is 6.31. The highest BCUT2D eigenvalue weighted by Gasteiger charge is 2.44. The van der Waals surface area contributed by atoms with Crippen LogP contribution in [0.5, 0.6) is 5.75 Å². The summed E-state index contributed by atoms with van der Waals surface area (Å²) in [6.07, 6.45) is 10.2. The molecule has 7 nitrogen and oxygen atoms in total. The van der Waals surface area contributed by atoms with Crippen LogP contribution in [0.4, 0.5) is 0 Å². The smallest absolute Gasteiger partial charge is 0.247 e. The van der Waals surface area contributed by atoms with E-state index in [-0.39, 0.29) is 30.4 Å². The zero-order valence-corrected chi connectivity index (χ0v) is 25.3. The summed E-state index contributed by atoms with van der Waals surface area (Å²) in [6.45, 7) is 3.36. The number of hydrogen-bond donors (Lipinski definition) is 2. The van der Waals surface area contributed by atoms with Gasteiger partial charge < -0.3 is 20.3 Å². The van der Waals surface area contributed by atoms with Crippen molar-refractivity contribution in [3.8, 4) is 5.75 Å². The Morgan fingerprint density at radius 1 is 0.902 bits per heavy atom. The Hall–Kier alpha value is -3.06. The first-order valence-corrected chi connectivity index (χ1v) is 15.4. The quantitative estimate of drug-likeness (QED) is 0.320. The fourth-order valence-corrected chi connectivity index (χ4v) is 6.17. The number of ether oxygens (including phenoxy) is 1. The van der Waals surface area contributed by atoms with Crippen molar-refractivity contribution in [2.24, 2.45) is 5.41 Å². The van der Waals surface area contributed by atoms with E-state index < -0.39 is 17.4 Å². The summed E-state index contributed by atoms with van der Waals surface area (Å²) in [7, 11) is 1.57. The molecule has 0 aliphatic heterocycles. The van der Waals surface area contributed by atoms with Crippen LogP contribution in [0.1, 0.15) is 95.2 Å². The molecule has 1 unspecified atom stereocenters. The highest BCUT2D eigenvalue weighted by Crippen LogP contribution is 2.33. The van der Waals surface area contributed by atoms with Gasteiger partial charge in [0.1, 0.15) is 17.2 Å². The third-order valence-electron chi connectivity index (χ3n) is 8.52. The van der Waals surface area contributed by atoms with Gasteiger partial charge in [-0.25, -0.2) is 0 Å². The summed E-state index contributed by atoms with van der Waals surface area (Å²) >= 11 is 6.57. The van der Waals surface area contributed by atoms with Crippen LogP contribution < -0.4 is 15.4 Å². The molecule has 1 atom stereocenters. The van der Waals surface area contributed by atoms with Crippen LogP contribution in [0.15, 0.2) is 48.5 Å². The van der Waals surface area contributed by atoms with Crippen molar-refractivity contribution >= 4 is 29.3 Å². The predicted molar refractivity (Wildman–Crippen MR) is 162 cm³/mol. The lowest BCUT2D eigenvalue weighted by Crippen LogP contribution is -2.55. The van der Waals surface area contributed by atoms with Crippen molar-refractivity contribution < 1.29 is 19.1 Å². The Morgan fingerprint density at radius 3 is 2.12 bits per heavy atom. The number of amides is 3. The molecule has 2 aromatic carbocycles. The molecule has 2 fully saturated rings. The minimum atomic E-state index is -1.42. The molecule has 0 heterocycles. The van der Waals surface area contributed by atoms with Gasteiger partial charge in [0, 0.05) is 23.7 Å². The summed E-state index contributed by atoms with van der Waals surface area (Å²) < 4.78 is 5.48. The van der Waals surface area contributed by atoms with Crippen molar-refractivity contribution in [3.63, 3.8) is 0 Å². The van der Waals surface area contributed by atoms with Crippen LogP contribution >= 0.6 is 11.6 Å². The number of rotatable bonds is 10. The Labute approximate surface area is 249 Å². The first-order chi connectivity index (χ1) is 19.7. The Kier molecular flexibility index (Phi) is 10.7. The van der Waals surface area contributed by atoms with Crippen molar-refractivity contribution in [1.82, 2.24) is 15.5 Å². The van der Waals surface area contributed by atoms with E-state index >= 15 is 0 Å². The number of carbonyl (C=O) groups is 3. The second-order valence-electron chi connectivity index (χ2n) is 12.0. The molecule has 0 radical (unpaired) electrons. The van der Waals surface area contributed by atoms with E-state index in [0.29, 0.717) is 21.9 Å². The fraction of sp³-hybridized carbons (Fsp3) is 0.545. The Balaban J connectivity index is 1.73. The molecule has 41 heavy (non-hydrogen) atoms. The SMILES string of the molecule is COc1cccc(C(C(=O)NC2CCCCC2)N(Cc2ccccc2Cl)C(=O)C(C)(C)C(=O)NC2CCCCC2)c1. The second-order valence-corrected chi connectivity index (χ2v) is 12.4. The van der Waals surface area contributed by atoms with Gasteiger partial charge in [-0.15, -0.1) is 0 Å². The van der Waals surface area contributed by atoms with Crippen molar-refractivity contribution in [1.29, 1.82) is 0 Å². The normalized spacial score (nSPS) is 17.4. The topological polar surface area (TPSA) is 87.7 Å². The van der Waals surface area contributed by atoms with Crippen molar-refractivity contribution in [2.45, 2.75) is 103 Å². The molecule has 2 saturated carbocycles. The van der Waals surface area contributed by atoms with Crippen LogP contribution in [0.2, 0.25) is 5.02 Å². The fourth-order valence-electron chi connectivity index (χ4n) is 5.97. The van der Waals surface area contributed by atoms with Gasteiger partial charge in [-0.05, 0) is 68.9 Å². The van der Waals surface area contributed by atoms with Gasteiger partial charge in [-0.1, -0.05) is 80.5 Å². The summed E-state index contributed by atoms with van der Waals surface area (Å²) in [5.74, 6) is -0.445. The molecular formula is C33H44ClN3O4. The lowest BCUT2D eigenvalue weighted by molar-refractivity contribution is -0.154. The number of nitrogens with one attached hydrogen (secondary N) is 2. The van der Waals surface area contributed by atoms with Crippen LogP contribution in [-0.4, -0.2) is 41.8 Å². The van der Waals surface area contributed by atoms with Gasteiger partial charge >= 0.3 is 0 Å². The first-order valence-electron chi connectivity index (χ1n) is 15.0. The maximum absolute atomic E-state index is 14.5. The molecule has 0 spiro atoms. The lowest BCUT2D eigenvalue weighted by Gasteiger charge is -2.38. The number of benzene rings is 2. The summed E-state index contributed by atoms with van der Waals surface area (Å²) in [5, 5.41) is 6.85. The van der Waals surface area contributed by atoms with Crippen molar-refractivity contribution in [2.75, 3.05) is 7.11 Å². The summed E-state index contributed by atoms with van der Waals surface area (Å²) in [4.78, 5) is 43.9. The molecule has 2 aromatic rings. The molecule has 0 bridgehead atoms. The van der Waals surface area contributed by atoms with Crippen molar-refractivity contribution in [3.05, 3.63) is 64.7 Å². The maximum Gasteiger partial charge on any atom is 0.247 e. The Bertz CT molecular complexity index is 1200. The zero-order chi connectivity index (χ0) is 29.4. The number of halogens is 1. The molecule has 0 aromatic heterocycles. The van der Waals surface area contributed by atoms with Crippen LogP contribution in [0.25, 0.3) is 0 Å². The molecule has 4 rings (SSSR count). The van der Waals surface area contributed by atoms with E-state index in [2.05, 4.69) is 10.6 Å². The number of nitrogens with zero attached hydrogens (tertiary/aromatic N) is 1. The van der Waals surface area contributed by atoms with Gasteiger partial charge in [0.2, 0.25) is 17.7 Å². The molecule has 2 aliphatic rings. The standard InChI is InChI=1S/C33H44ClN3O4/c1-33(2,31(39)36-26-17-8-5-9-18-26)32(40)37(22-24-13-10-11-20-28(24)34)29(23-14-12-19-27(21-23)41-3)30(38)35-25-15-6-4-7-16-25/h10-14,19-21,25-26,29H,4-9,15-18,22H2,1-3H3,(H,35,38)(H,36,39). The second kappa shape index (κ2) is 14.2. The summed E-state index contributed by atoms with van der Waals surface area (Å²) in [6, 6.07) is 13.6. The third kappa shape index (κ3) is 7.82. The van der Waals surface area contributed by atoms with E-state index in [9.17, 15) is 14.4 Å². The molecule has 2 N–H and O–H groups in total. The van der Waals surface area contributed by atoms with E-state index in [1.54, 1.807) is 39.2 Å². The maximum atomic E-state index is 14.5. The minimum Gasteiger partial charge on any atom is -0.497 e. The third-order valence-corrected chi connectivity index (χ3v) is 8.89. The van der Waals surface area contributed by atoms with E-state index in [1.807, 2.05) is 30.3 Å². The molecule has 2 aliphatic carbocycles. The van der Waals surface area contributed by atoms with Crippen LogP contribution in [0, 0.1) is 5.41 Å². The number of carbonyl (C=O) groups excluding carboxylic acids is 3. The molecule has 222 valence electrons. The van der Waals surface area contributed by atoms with E-state index in [4.69, 9.17) is 16.3 Å². The average molecular weight is 582 g/mol. The predicted octanol–water partition coefficient (Wildman–Crippen LogP) is 6.34. The van der Waals surface area contributed by atoms with Gasteiger partial charge in [-0.2, -0.15) is 0 Å². The van der Waals surface area contributed by atoms with E-state index in [1.165, 1.54) is 11.3 Å². The van der Waals surface area contributed by atoms with Gasteiger partial charge in [0.15, 0.2) is 0 Å². The lowest BCUT2D eigenvalue weighted by atomic mass is 9.87. The molecular weight excluding hydrogens is 538 g/mol. The zero-order valence-electron chi connectivity index (χ0n) is 24.6. The van der Waals surface area contributed by atoms with Gasteiger partial charge in [-0.3, -0.25) is 14.4 Å². The molecule has 3 amide bonds. The van der Waals surface area contributed by atoms with Crippen LogP contribution in [0.3, 0.4) is 0 Å². The van der Waals surface area contributed by atoms with E-state index in [0.717, 1.165) is 57.8 Å². The first kappa shape index (κ1) is 30.9. The van der Waals surface area contributed by atoms with Crippen LogP contribution in [-0.2, 0) is 20.9 Å². The highest BCUT2D eigenvalue weighted by atomic mass is 35.5. The molecule has 0 saturated heterocycles. The summed E-state index contributed by atoms with van der Waals surface area (Å²) in [5.41, 5.74) is -0.105. The Morgan fingerprint density at radius 2 is 1.51 bits per heavy atom.